The van der Waals surface area contributed by atoms with Gasteiger partial charge in [-0.2, -0.15) is 0 Å². The van der Waals surface area contributed by atoms with E-state index in [1.54, 1.807) is 29.8 Å². The van der Waals surface area contributed by atoms with Crippen LogP contribution in [0, 0.1) is 0 Å². The standard InChI is InChI=1S/C21H13NO3/c1-22-15-9-5-4-8-14(15)19(23)18-20(24)17-13-7-3-2-6-12(13)10-11-16(17)25-21(18)22/h2-11H,1H3. The third-order valence-electron chi connectivity index (χ3n) is 4.81. The number of aryl methyl sites for hydroxylation is 1. The van der Waals surface area contributed by atoms with E-state index in [9.17, 15) is 9.59 Å². The van der Waals surface area contributed by atoms with E-state index in [1.165, 1.54) is 0 Å². The summed E-state index contributed by atoms with van der Waals surface area (Å²) in [4.78, 5) is 26.2. The zero-order valence-corrected chi connectivity index (χ0v) is 13.4. The number of hydrogen-bond acceptors (Lipinski definition) is 3. The molecule has 0 atom stereocenters. The Bertz CT molecular complexity index is 1440. The minimum absolute atomic E-state index is 0.102. The molecule has 2 aromatic heterocycles. The topological polar surface area (TPSA) is 52.2 Å². The predicted molar refractivity (Wildman–Crippen MR) is 100 cm³/mol. The van der Waals surface area contributed by atoms with Crippen LogP contribution >= 0.6 is 0 Å². The maximum Gasteiger partial charge on any atom is 0.215 e. The van der Waals surface area contributed by atoms with Crippen molar-refractivity contribution in [3.05, 3.63) is 81.1 Å². The lowest BCUT2D eigenvalue weighted by Gasteiger charge is -2.10. The molecular formula is C21H13NO3. The molecule has 0 radical (unpaired) electrons. The highest BCUT2D eigenvalue weighted by atomic mass is 16.3. The molecule has 0 saturated heterocycles. The average Bonchev–Trinajstić information content (AvgIpc) is 2.65. The Balaban J connectivity index is 2.17. The molecule has 0 bridgehead atoms. The SMILES string of the molecule is Cn1c2ccccc2c(=O)c2c(=O)c3c(ccc4ccccc43)oc21. The second-order valence-corrected chi connectivity index (χ2v) is 6.18. The third kappa shape index (κ3) is 1.76. The first-order valence-electron chi connectivity index (χ1n) is 8.03. The van der Waals surface area contributed by atoms with Crippen LogP contribution in [0.1, 0.15) is 0 Å². The molecule has 2 heterocycles. The normalized spacial score (nSPS) is 11.7. The van der Waals surface area contributed by atoms with Gasteiger partial charge in [0.2, 0.25) is 16.6 Å². The Morgan fingerprint density at radius 1 is 0.760 bits per heavy atom. The number of rotatable bonds is 0. The molecular weight excluding hydrogens is 314 g/mol. The summed E-state index contributed by atoms with van der Waals surface area (Å²) in [6, 6.07) is 18.6. The first-order chi connectivity index (χ1) is 12.2. The second kappa shape index (κ2) is 4.80. The fourth-order valence-electron chi connectivity index (χ4n) is 3.59. The van der Waals surface area contributed by atoms with Gasteiger partial charge in [-0.1, -0.05) is 42.5 Å². The summed E-state index contributed by atoms with van der Waals surface area (Å²) in [5.74, 6) is 0. The van der Waals surface area contributed by atoms with Crippen molar-refractivity contribution in [1.82, 2.24) is 4.57 Å². The number of hydrogen-bond donors (Lipinski definition) is 0. The molecule has 0 saturated carbocycles. The maximum atomic E-state index is 13.2. The van der Waals surface area contributed by atoms with Gasteiger partial charge in [0, 0.05) is 12.4 Å². The van der Waals surface area contributed by atoms with Crippen molar-refractivity contribution in [1.29, 1.82) is 0 Å². The van der Waals surface area contributed by atoms with Crippen molar-refractivity contribution in [3.63, 3.8) is 0 Å². The highest BCUT2D eigenvalue weighted by molar-refractivity contribution is 6.08. The summed E-state index contributed by atoms with van der Waals surface area (Å²) in [6.45, 7) is 0. The summed E-state index contributed by atoms with van der Waals surface area (Å²) in [6.07, 6.45) is 0. The lowest BCUT2D eigenvalue weighted by molar-refractivity contribution is 0.623. The van der Waals surface area contributed by atoms with Gasteiger partial charge in [-0.05, 0) is 29.0 Å². The Labute approximate surface area is 141 Å². The molecule has 3 aromatic carbocycles. The van der Waals surface area contributed by atoms with E-state index in [-0.39, 0.29) is 16.2 Å². The minimum Gasteiger partial charge on any atom is -0.439 e. The van der Waals surface area contributed by atoms with Gasteiger partial charge >= 0.3 is 0 Å². The van der Waals surface area contributed by atoms with Gasteiger partial charge in [0.1, 0.15) is 11.0 Å². The molecule has 0 amide bonds. The Hall–Kier alpha value is -3.40. The number of benzene rings is 3. The highest BCUT2D eigenvalue weighted by Crippen LogP contribution is 2.26. The summed E-state index contributed by atoms with van der Waals surface area (Å²) >= 11 is 0. The zero-order chi connectivity index (χ0) is 17.1. The van der Waals surface area contributed by atoms with Gasteiger partial charge in [0.25, 0.3) is 0 Å². The van der Waals surface area contributed by atoms with Gasteiger partial charge in [0.05, 0.1) is 10.9 Å². The Morgan fingerprint density at radius 2 is 1.48 bits per heavy atom. The molecule has 0 aliphatic rings. The quantitative estimate of drug-likeness (QED) is 0.320. The monoisotopic (exact) mass is 327 g/mol. The summed E-state index contributed by atoms with van der Waals surface area (Å²) in [5.41, 5.74) is 0.966. The van der Waals surface area contributed by atoms with Crippen LogP contribution in [0.15, 0.2) is 74.7 Å². The molecule has 0 spiro atoms. The van der Waals surface area contributed by atoms with Crippen LogP contribution in [-0.2, 0) is 7.05 Å². The molecule has 25 heavy (non-hydrogen) atoms. The zero-order valence-electron chi connectivity index (χ0n) is 13.4. The third-order valence-corrected chi connectivity index (χ3v) is 4.81. The van der Waals surface area contributed by atoms with Crippen LogP contribution in [0.3, 0.4) is 0 Å². The molecule has 5 aromatic rings. The fourth-order valence-corrected chi connectivity index (χ4v) is 3.59. The summed E-state index contributed by atoms with van der Waals surface area (Å²) in [5, 5.41) is 2.82. The summed E-state index contributed by atoms with van der Waals surface area (Å²) in [7, 11) is 1.81. The molecule has 0 N–H and O–H groups in total. The largest absolute Gasteiger partial charge is 0.439 e. The second-order valence-electron chi connectivity index (χ2n) is 6.18. The van der Waals surface area contributed by atoms with E-state index in [0.717, 1.165) is 16.3 Å². The molecule has 0 fully saturated rings. The van der Waals surface area contributed by atoms with E-state index in [2.05, 4.69) is 0 Å². The molecule has 0 unspecified atom stereocenters. The van der Waals surface area contributed by atoms with Crippen molar-refractivity contribution >= 4 is 43.7 Å². The van der Waals surface area contributed by atoms with Crippen LogP contribution in [0.2, 0.25) is 0 Å². The molecule has 0 aliphatic carbocycles. The van der Waals surface area contributed by atoms with Gasteiger partial charge in [-0.3, -0.25) is 9.59 Å². The van der Waals surface area contributed by atoms with Crippen molar-refractivity contribution in [3.8, 4) is 0 Å². The smallest absolute Gasteiger partial charge is 0.215 e. The van der Waals surface area contributed by atoms with Gasteiger partial charge in [0.15, 0.2) is 0 Å². The van der Waals surface area contributed by atoms with E-state index >= 15 is 0 Å². The van der Waals surface area contributed by atoms with E-state index in [1.807, 2.05) is 42.5 Å². The number of fused-ring (bicyclic) bond motifs is 5. The van der Waals surface area contributed by atoms with Crippen molar-refractivity contribution in [2.45, 2.75) is 0 Å². The van der Waals surface area contributed by atoms with Gasteiger partial charge < -0.3 is 8.98 Å². The number of nitrogens with zero attached hydrogens (tertiary/aromatic N) is 1. The Kier molecular flexibility index (Phi) is 2.69. The van der Waals surface area contributed by atoms with Crippen LogP contribution in [0.25, 0.3) is 43.7 Å². The predicted octanol–water partition coefficient (Wildman–Crippen LogP) is 3.95. The summed E-state index contributed by atoms with van der Waals surface area (Å²) < 4.78 is 7.78. The molecule has 5 rings (SSSR count). The van der Waals surface area contributed by atoms with Crippen molar-refractivity contribution in [2.75, 3.05) is 0 Å². The molecule has 4 heteroatoms. The minimum atomic E-state index is -0.285. The molecule has 120 valence electrons. The Morgan fingerprint density at radius 3 is 2.32 bits per heavy atom. The first kappa shape index (κ1) is 14.0. The number of pyridine rings is 1. The van der Waals surface area contributed by atoms with Crippen LogP contribution in [0.4, 0.5) is 0 Å². The van der Waals surface area contributed by atoms with Crippen molar-refractivity contribution < 1.29 is 4.42 Å². The van der Waals surface area contributed by atoms with Crippen LogP contribution < -0.4 is 10.9 Å². The van der Waals surface area contributed by atoms with Crippen LogP contribution in [-0.4, -0.2) is 4.57 Å². The van der Waals surface area contributed by atoms with Gasteiger partial charge in [-0.25, -0.2) is 0 Å². The van der Waals surface area contributed by atoms with E-state index in [4.69, 9.17) is 4.42 Å². The molecule has 4 nitrogen and oxygen atoms in total. The fraction of sp³-hybridized carbons (Fsp3) is 0.0476. The maximum absolute atomic E-state index is 13.2. The average molecular weight is 327 g/mol. The molecule has 0 aliphatic heterocycles. The van der Waals surface area contributed by atoms with Crippen molar-refractivity contribution in [2.24, 2.45) is 7.05 Å². The van der Waals surface area contributed by atoms with E-state index in [0.29, 0.717) is 22.1 Å². The number of aromatic nitrogens is 1. The first-order valence-corrected chi connectivity index (χ1v) is 8.03. The lowest BCUT2D eigenvalue weighted by Crippen LogP contribution is -2.18. The van der Waals surface area contributed by atoms with E-state index < -0.39 is 0 Å². The van der Waals surface area contributed by atoms with Crippen LogP contribution in [0.5, 0.6) is 0 Å². The number of para-hydroxylation sites is 1. The van der Waals surface area contributed by atoms with Gasteiger partial charge in [-0.15, -0.1) is 0 Å². The lowest BCUT2D eigenvalue weighted by atomic mass is 10.0. The highest BCUT2D eigenvalue weighted by Gasteiger charge is 2.17.